The number of halogens is 1. The van der Waals surface area contributed by atoms with Crippen molar-refractivity contribution in [2.75, 3.05) is 13.6 Å². The summed E-state index contributed by atoms with van der Waals surface area (Å²) in [4.78, 5) is 9.62. The molecule has 0 saturated heterocycles. The van der Waals surface area contributed by atoms with Crippen molar-refractivity contribution in [1.29, 1.82) is 0 Å². The molecule has 6 heteroatoms. The van der Waals surface area contributed by atoms with E-state index in [4.69, 9.17) is 5.11 Å². The van der Waals surface area contributed by atoms with Crippen LogP contribution in [0.3, 0.4) is 0 Å². The van der Waals surface area contributed by atoms with Crippen LogP contribution in [0.4, 0.5) is 10.1 Å². The molecule has 0 unspecified atom stereocenters. The number of hydrogen-bond acceptors (Lipinski definition) is 4. The molecule has 84 valence electrons. The highest BCUT2D eigenvalue weighted by Crippen LogP contribution is 2.29. The predicted molar refractivity (Wildman–Crippen MR) is 55.5 cm³/mol. The maximum atomic E-state index is 13.1. The Morgan fingerprint density at radius 2 is 2.31 bits per heavy atom. The van der Waals surface area contributed by atoms with Crippen LogP contribution in [0.5, 0.6) is 5.75 Å². The molecular weight excluding hydrogens is 215 g/mol. The first-order chi connectivity index (χ1) is 7.56. The lowest BCUT2D eigenvalue weighted by molar-refractivity contribution is -0.386. The third-order valence-electron chi connectivity index (χ3n) is 1.74. The number of nitro benzene ring substituents is 1. The largest absolute Gasteiger partial charge is 0.500 e. The van der Waals surface area contributed by atoms with Crippen molar-refractivity contribution in [1.82, 2.24) is 5.32 Å². The van der Waals surface area contributed by atoms with E-state index in [-0.39, 0.29) is 5.56 Å². The molecule has 2 N–H and O–H groups in total. The van der Waals surface area contributed by atoms with Gasteiger partial charge < -0.3 is 10.4 Å². The van der Waals surface area contributed by atoms with E-state index in [1.807, 2.05) is 0 Å². The molecule has 16 heavy (non-hydrogen) atoms. The molecule has 0 saturated carbocycles. The lowest BCUT2D eigenvalue weighted by Gasteiger charge is -1.98. The Morgan fingerprint density at radius 1 is 1.62 bits per heavy atom. The summed E-state index contributed by atoms with van der Waals surface area (Å²) in [5.74, 6) is 3.15. The zero-order valence-corrected chi connectivity index (χ0v) is 8.45. The molecule has 0 radical (unpaired) electrons. The van der Waals surface area contributed by atoms with Gasteiger partial charge in [-0.2, -0.15) is 0 Å². The summed E-state index contributed by atoms with van der Waals surface area (Å²) in [7, 11) is 1.69. The van der Waals surface area contributed by atoms with Gasteiger partial charge in [-0.1, -0.05) is 11.8 Å². The van der Waals surface area contributed by atoms with Gasteiger partial charge in [-0.15, -0.1) is 0 Å². The molecule has 0 aromatic heterocycles. The van der Waals surface area contributed by atoms with E-state index in [0.29, 0.717) is 6.54 Å². The van der Waals surface area contributed by atoms with Crippen molar-refractivity contribution in [3.8, 4) is 17.6 Å². The van der Waals surface area contributed by atoms with Crippen molar-refractivity contribution in [2.45, 2.75) is 0 Å². The summed E-state index contributed by atoms with van der Waals surface area (Å²) in [6.45, 7) is 0.385. The molecule has 0 aliphatic heterocycles. The monoisotopic (exact) mass is 224 g/mol. The second-order valence-corrected chi connectivity index (χ2v) is 2.92. The van der Waals surface area contributed by atoms with Crippen molar-refractivity contribution in [3.63, 3.8) is 0 Å². The van der Waals surface area contributed by atoms with Gasteiger partial charge in [0, 0.05) is 11.6 Å². The standard InChI is InChI=1S/C10H9FN2O3/c1-12-4-2-3-7-5-8(11)10(14)9(6-7)13(15)16/h5-6,12,14H,4H2,1H3. The van der Waals surface area contributed by atoms with Gasteiger partial charge in [-0.25, -0.2) is 4.39 Å². The summed E-state index contributed by atoms with van der Waals surface area (Å²) in [6.07, 6.45) is 0. The van der Waals surface area contributed by atoms with Crippen molar-refractivity contribution in [2.24, 2.45) is 0 Å². The van der Waals surface area contributed by atoms with E-state index in [1.54, 1.807) is 7.05 Å². The van der Waals surface area contributed by atoms with Crippen LogP contribution in [-0.4, -0.2) is 23.6 Å². The van der Waals surface area contributed by atoms with Gasteiger partial charge in [-0.3, -0.25) is 10.1 Å². The number of benzene rings is 1. The van der Waals surface area contributed by atoms with E-state index in [2.05, 4.69) is 17.2 Å². The second kappa shape index (κ2) is 5.09. The van der Waals surface area contributed by atoms with Crippen LogP contribution in [0.1, 0.15) is 5.56 Å². The molecule has 5 nitrogen and oxygen atoms in total. The molecule has 1 rings (SSSR count). The molecule has 0 bridgehead atoms. The molecule has 0 aliphatic carbocycles. The normalized spacial score (nSPS) is 9.38. The maximum absolute atomic E-state index is 13.1. The van der Waals surface area contributed by atoms with Crippen LogP contribution in [0, 0.1) is 27.8 Å². The quantitative estimate of drug-likeness (QED) is 0.446. The first kappa shape index (κ1) is 11.9. The fourth-order valence-corrected chi connectivity index (χ4v) is 1.03. The van der Waals surface area contributed by atoms with Crippen LogP contribution in [0.2, 0.25) is 0 Å². The Balaban J connectivity index is 3.15. The molecular formula is C10H9FN2O3. The van der Waals surface area contributed by atoms with Crippen LogP contribution in [-0.2, 0) is 0 Å². The van der Waals surface area contributed by atoms with Crippen LogP contribution < -0.4 is 5.32 Å². The van der Waals surface area contributed by atoms with Crippen LogP contribution in [0.15, 0.2) is 12.1 Å². The predicted octanol–water partition coefficient (Wildman–Crippen LogP) is 1.01. The van der Waals surface area contributed by atoms with E-state index in [0.717, 1.165) is 12.1 Å². The Kier molecular flexibility index (Phi) is 3.80. The average molecular weight is 224 g/mol. The van der Waals surface area contributed by atoms with E-state index >= 15 is 0 Å². The Hall–Kier alpha value is -2.13. The minimum Gasteiger partial charge on any atom is -0.500 e. The zero-order valence-electron chi connectivity index (χ0n) is 8.45. The Bertz CT molecular complexity index is 477. The number of aromatic hydroxyl groups is 1. The summed E-state index contributed by atoms with van der Waals surface area (Å²) >= 11 is 0. The van der Waals surface area contributed by atoms with Gasteiger partial charge in [0.05, 0.1) is 11.5 Å². The zero-order chi connectivity index (χ0) is 12.1. The molecule has 0 aliphatic rings. The number of rotatable bonds is 2. The molecule has 1 aromatic rings. The maximum Gasteiger partial charge on any atom is 0.315 e. The lowest BCUT2D eigenvalue weighted by Crippen LogP contribution is -2.04. The number of phenols is 1. The first-order valence-electron chi connectivity index (χ1n) is 4.36. The van der Waals surface area contributed by atoms with E-state index in [1.165, 1.54) is 0 Å². The lowest BCUT2D eigenvalue weighted by atomic mass is 10.2. The van der Waals surface area contributed by atoms with Crippen molar-refractivity contribution >= 4 is 5.69 Å². The van der Waals surface area contributed by atoms with E-state index < -0.39 is 22.2 Å². The average Bonchev–Trinajstić information content (AvgIpc) is 2.23. The SMILES string of the molecule is CNCC#Cc1cc(F)c(O)c([N+](=O)[O-])c1. The van der Waals surface area contributed by atoms with Gasteiger partial charge in [-0.05, 0) is 13.1 Å². The van der Waals surface area contributed by atoms with Gasteiger partial charge in [0.15, 0.2) is 5.82 Å². The summed E-state index contributed by atoms with van der Waals surface area (Å²) in [5, 5.41) is 22.3. The second-order valence-electron chi connectivity index (χ2n) is 2.92. The van der Waals surface area contributed by atoms with Gasteiger partial charge in [0.25, 0.3) is 0 Å². The molecule has 0 atom stereocenters. The Labute approximate surface area is 91.1 Å². The highest BCUT2D eigenvalue weighted by atomic mass is 19.1. The molecule has 0 amide bonds. The van der Waals surface area contributed by atoms with E-state index in [9.17, 15) is 14.5 Å². The third kappa shape index (κ3) is 2.68. The number of nitrogens with zero attached hydrogens (tertiary/aromatic N) is 1. The summed E-state index contributed by atoms with van der Waals surface area (Å²) < 4.78 is 13.1. The van der Waals surface area contributed by atoms with Crippen molar-refractivity contribution in [3.05, 3.63) is 33.6 Å². The van der Waals surface area contributed by atoms with Gasteiger partial charge in [0.2, 0.25) is 5.75 Å². The molecule has 0 heterocycles. The van der Waals surface area contributed by atoms with Crippen LogP contribution >= 0.6 is 0 Å². The minimum atomic E-state index is -1.05. The summed E-state index contributed by atoms with van der Waals surface area (Å²) in [6, 6.07) is 1.98. The first-order valence-corrected chi connectivity index (χ1v) is 4.36. The third-order valence-corrected chi connectivity index (χ3v) is 1.74. The highest BCUT2D eigenvalue weighted by molar-refractivity contribution is 5.52. The fraction of sp³-hybridized carbons (Fsp3) is 0.200. The number of phenolic OH excluding ortho intramolecular Hbond substituents is 1. The smallest absolute Gasteiger partial charge is 0.315 e. The summed E-state index contributed by atoms with van der Waals surface area (Å²) in [5.41, 5.74) is -0.536. The number of hydrogen-bond donors (Lipinski definition) is 2. The number of nitrogens with one attached hydrogen (secondary N) is 1. The fourth-order valence-electron chi connectivity index (χ4n) is 1.03. The molecule has 0 fully saturated rings. The number of nitro groups is 1. The molecule has 0 spiro atoms. The Morgan fingerprint density at radius 3 is 2.88 bits per heavy atom. The topological polar surface area (TPSA) is 75.4 Å². The highest BCUT2D eigenvalue weighted by Gasteiger charge is 2.18. The van der Waals surface area contributed by atoms with Gasteiger partial charge in [0.1, 0.15) is 0 Å². The van der Waals surface area contributed by atoms with Crippen molar-refractivity contribution < 1.29 is 14.4 Å². The minimum absolute atomic E-state index is 0.150. The van der Waals surface area contributed by atoms with Crippen LogP contribution in [0.25, 0.3) is 0 Å². The van der Waals surface area contributed by atoms with Gasteiger partial charge >= 0.3 is 5.69 Å². The molecule has 1 aromatic carbocycles.